The van der Waals surface area contributed by atoms with E-state index in [4.69, 9.17) is 19.3 Å². The molecule has 10 heteroatoms. The lowest BCUT2D eigenvalue weighted by molar-refractivity contribution is -0.139. The van der Waals surface area contributed by atoms with Gasteiger partial charge in [0.25, 0.3) is 11.8 Å². The largest absolute Gasteiger partial charge is 0.493 e. The molecule has 0 aliphatic heterocycles. The summed E-state index contributed by atoms with van der Waals surface area (Å²) in [5.41, 5.74) is 3.05. The number of carbonyl (C=O) groups excluding carboxylic acids is 2. The Bertz CT molecular complexity index is 944. The van der Waals surface area contributed by atoms with Crippen LogP contribution in [0.25, 0.3) is 0 Å². The first kappa shape index (κ1) is 22.2. The van der Waals surface area contributed by atoms with Gasteiger partial charge in [-0.25, -0.2) is 10.2 Å². The van der Waals surface area contributed by atoms with Crippen LogP contribution in [-0.4, -0.2) is 56.5 Å². The van der Waals surface area contributed by atoms with Gasteiger partial charge in [0.15, 0.2) is 18.1 Å². The number of benzene rings is 2. The lowest BCUT2D eigenvalue weighted by Crippen LogP contribution is -2.34. The maximum Gasteiger partial charge on any atom is 0.341 e. The summed E-state index contributed by atoms with van der Waals surface area (Å²) >= 11 is 0. The Kier molecular flexibility index (Phi) is 8.18. The highest BCUT2D eigenvalue weighted by atomic mass is 16.5. The number of carboxylic acids is 1. The van der Waals surface area contributed by atoms with Crippen LogP contribution < -0.4 is 25.0 Å². The SMILES string of the molecule is COc1ccc(C(=O)NCC(=O)NN=Cc2ccccc2OCC(=O)O)cc1OC. The highest BCUT2D eigenvalue weighted by molar-refractivity contribution is 5.97. The summed E-state index contributed by atoms with van der Waals surface area (Å²) in [6, 6.07) is 11.2. The van der Waals surface area contributed by atoms with Gasteiger partial charge in [0.05, 0.1) is 27.0 Å². The van der Waals surface area contributed by atoms with E-state index < -0.39 is 24.4 Å². The second-order valence-electron chi connectivity index (χ2n) is 5.77. The third kappa shape index (κ3) is 6.51. The number of hydrogen-bond acceptors (Lipinski definition) is 7. The molecule has 2 aromatic rings. The van der Waals surface area contributed by atoms with Gasteiger partial charge in [-0.15, -0.1) is 0 Å². The molecular weight excluding hydrogens is 394 g/mol. The molecule has 0 spiro atoms. The Morgan fingerprint density at radius 1 is 1.03 bits per heavy atom. The summed E-state index contributed by atoms with van der Waals surface area (Å²) in [5, 5.41) is 15.0. The highest BCUT2D eigenvalue weighted by Gasteiger charge is 2.12. The topological polar surface area (TPSA) is 136 Å². The van der Waals surface area contributed by atoms with E-state index in [1.165, 1.54) is 26.5 Å². The average molecular weight is 415 g/mol. The number of carbonyl (C=O) groups is 3. The van der Waals surface area contributed by atoms with Gasteiger partial charge in [-0.2, -0.15) is 5.10 Å². The van der Waals surface area contributed by atoms with Crippen molar-refractivity contribution in [3.63, 3.8) is 0 Å². The van der Waals surface area contributed by atoms with Crippen LogP contribution in [0.1, 0.15) is 15.9 Å². The number of aliphatic carboxylic acids is 1. The van der Waals surface area contributed by atoms with Crippen LogP contribution in [-0.2, 0) is 9.59 Å². The number of nitrogens with zero attached hydrogens (tertiary/aromatic N) is 1. The van der Waals surface area contributed by atoms with Crippen molar-refractivity contribution in [1.29, 1.82) is 0 Å². The van der Waals surface area contributed by atoms with Gasteiger partial charge in [0.2, 0.25) is 0 Å². The molecule has 0 aromatic heterocycles. The molecule has 0 aliphatic carbocycles. The number of hydrazone groups is 1. The molecule has 0 saturated heterocycles. The molecule has 0 fully saturated rings. The Morgan fingerprint density at radius 3 is 2.47 bits per heavy atom. The van der Waals surface area contributed by atoms with Crippen molar-refractivity contribution in [2.75, 3.05) is 27.4 Å². The van der Waals surface area contributed by atoms with Crippen LogP contribution in [0, 0.1) is 0 Å². The summed E-state index contributed by atoms with van der Waals surface area (Å²) in [7, 11) is 2.94. The van der Waals surface area contributed by atoms with E-state index in [-0.39, 0.29) is 6.54 Å². The van der Waals surface area contributed by atoms with Crippen molar-refractivity contribution >= 4 is 24.0 Å². The number of carboxylic acid groups (broad SMARTS) is 1. The summed E-state index contributed by atoms with van der Waals surface area (Å²) in [4.78, 5) is 34.7. The summed E-state index contributed by atoms with van der Waals surface area (Å²) in [6.07, 6.45) is 1.31. The molecule has 0 bridgehead atoms. The van der Waals surface area contributed by atoms with Crippen molar-refractivity contribution in [1.82, 2.24) is 10.7 Å². The fraction of sp³-hybridized carbons (Fsp3) is 0.200. The molecule has 2 aromatic carbocycles. The van der Waals surface area contributed by atoms with Crippen LogP contribution >= 0.6 is 0 Å². The van der Waals surface area contributed by atoms with E-state index in [0.717, 1.165) is 0 Å². The summed E-state index contributed by atoms with van der Waals surface area (Å²) in [5.74, 6) is -0.955. The number of rotatable bonds is 10. The van der Waals surface area contributed by atoms with Crippen molar-refractivity contribution in [3.05, 3.63) is 53.6 Å². The lowest BCUT2D eigenvalue weighted by Gasteiger charge is -2.09. The van der Waals surface area contributed by atoms with Crippen LogP contribution in [0.15, 0.2) is 47.6 Å². The van der Waals surface area contributed by atoms with Crippen LogP contribution in [0.2, 0.25) is 0 Å². The molecular formula is C20H21N3O7. The van der Waals surface area contributed by atoms with Crippen molar-refractivity contribution in [2.24, 2.45) is 5.10 Å². The third-order valence-electron chi connectivity index (χ3n) is 3.72. The Balaban J connectivity index is 1.88. The molecule has 30 heavy (non-hydrogen) atoms. The fourth-order valence-electron chi connectivity index (χ4n) is 2.31. The van der Waals surface area contributed by atoms with Gasteiger partial charge in [-0.1, -0.05) is 12.1 Å². The highest BCUT2D eigenvalue weighted by Crippen LogP contribution is 2.27. The quantitative estimate of drug-likeness (QED) is 0.390. The molecule has 3 N–H and O–H groups in total. The normalized spacial score (nSPS) is 10.3. The number of nitrogens with one attached hydrogen (secondary N) is 2. The summed E-state index contributed by atoms with van der Waals surface area (Å²) < 4.78 is 15.4. The zero-order valence-corrected chi connectivity index (χ0v) is 16.4. The number of amides is 2. The number of para-hydroxylation sites is 1. The van der Waals surface area contributed by atoms with Gasteiger partial charge >= 0.3 is 5.97 Å². The van der Waals surface area contributed by atoms with Gasteiger partial charge < -0.3 is 24.6 Å². The van der Waals surface area contributed by atoms with Crippen LogP contribution in [0.3, 0.4) is 0 Å². The molecule has 158 valence electrons. The number of methoxy groups -OCH3 is 2. The third-order valence-corrected chi connectivity index (χ3v) is 3.72. The Labute approximate surface area is 172 Å². The second kappa shape index (κ2) is 11.1. The molecule has 0 aliphatic rings. The van der Waals surface area contributed by atoms with Crippen molar-refractivity contribution in [3.8, 4) is 17.2 Å². The standard InChI is InChI=1S/C20H21N3O7/c1-28-16-8-7-13(9-17(16)29-2)20(27)21-11-18(24)23-22-10-14-5-3-4-6-15(14)30-12-19(25)26/h3-10H,11-12H2,1-2H3,(H,21,27)(H,23,24)(H,25,26). The second-order valence-corrected chi connectivity index (χ2v) is 5.77. The smallest absolute Gasteiger partial charge is 0.341 e. The average Bonchev–Trinajstić information content (AvgIpc) is 2.76. The summed E-state index contributed by atoms with van der Waals surface area (Å²) in [6.45, 7) is -0.804. The maximum absolute atomic E-state index is 12.2. The minimum atomic E-state index is -1.11. The number of ether oxygens (including phenoxy) is 3. The molecule has 2 amide bonds. The fourth-order valence-corrected chi connectivity index (χ4v) is 2.31. The van der Waals surface area contributed by atoms with E-state index in [1.54, 1.807) is 36.4 Å². The lowest BCUT2D eigenvalue weighted by atomic mass is 10.2. The molecule has 0 radical (unpaired) electrons. The minimum Gasteiger partial charge on any atom is -0.493 e. The van der Waals surface area contributed by atoms with E-state index in [2.05, 4.69) is 15.8 Å². The molecule has 10 nitrogen and oxygen atoms in total. The Hall–Kier alpha value is -4.08. The van der Waals surface area contributed by atoms with Crippen molar-refractivity contribution in [2.45, 2.75) is 0 Å². The van der Waals surface area contributed by atoms with Crippen LogP contribution in [0.4, 0.5) is 0 Å². The zero-order valence-electron chi connectivity index (χ0n) is 16.4. The van der Waals surface area contributed by atoms with Crippen LogP contribution in [0.5, 0.6) is 17.2 Å². The molecule has 0 heterocycles. The first-order valence-corrected chi connectivity index (χ1v) is 8.70. The van der Waals surface area contributed by atoms with E-state index in [1.807, 2.05) is 0 Å². The first-order chi connectivity index (χ1) is 14.4. The van der Waals surface area contributed by atoms with Gasteiger partial charge in [-0.3, -0.25) is 9.59 Å². The predicted octanol–water partition coefficient (Wildman–Crippen LogP) is 1.05. The van der Waals surface area contributed by atoms with Gasteiger partial charge in [0, 0.05) is 11.1 Å². The number of hydrogen-bond donors (Lipinski definition) is 3. The zero-order chi connectivity index (χ0) is 21.9. The van der Waals surface area contributed by atoms with E-state index >= 15 is 0 Å². The first-order valence-electron chi connectivity index (χ1n) is 8.70. The Morgan fingerprint density at radius 2 is 1.77 bits per heavy atom. The van der Waals surface area contributed by atoms with E-state index in [0.29, 0.717) is 28.4 Å². The molecule has 0 unspecified atom stereocenters. The maximum atomic E-state index is 12.2. The van der Waals surface area contributed by atoms with Gasteiger partial charge in [-0.05, 0) is 30.3 Å². The van der Waals surface area contributed by atoms with Gasteiger partial charge in [0.1, 0.15) is 5.75 Å². The molecule has 2 rings (SSSR count). The minimum absolute atomic E-state index is 0.299. The molecule has 0 saturated carbocycles. The predicted molar refractivity (Wildman–Crippen MR) is 107 cm³/mol. The van der Waals surface area contributed by atoms with Crippen molar-refractivity contribution < 1.29 is 33.7 Å². The van der Waals surface area contributed by atoms with E-state index in [9.17, 15) is 14.4 Å². The monoisotopic (exact) mass is 415 g/mol. The molecule has 0 atom stereocenters.